The molecule has 0 radical (unpaired) electrons. The predicted molar refractivity (Wildman–Crippen MR) is 88.2 cm³/mol. The van der Waals surface area contributed by atoms with Crippen LogP contribution >= 0.6 is 0 Å². The number of fused-ring (bicyclic) bond motifs is 1. The van der Waals surface area contributed by atoms with Crippen LogP contribution in [0.4, 0.5) is 5.69 Å². The molecule has 0 bridgehead atoms. The van der Waals surface area contributed by atoms with Gasteiger partial charge in [0.15, 0.2) is 0 Å². The first-order chi connectivity index (χ1) is 10.3. The van der Waals surface area contributed by atoms with E-state index in [4.69, 9.17) is 4.74 Å². The van der Waals surface area contributed by atoms with Crippen LogP contribution in [0.3, 0.4) is 0 Å². The molecule has 0 amide bonds. The van der Waals surface area contributed by atoms with Crippen LogP contribution in [0.25, 0.3) is 0 Å². The topological polar surface area (TPSA) is 21.3 Å². The van der Waals surface area contributed by atoms with E-state index in [-0.39, 0.29) is 6.10 Å². The van der Waals surface area contributed by atoms with E-state index in [9.17, 15) is 0 Å². The van der Waals surface area contributed by atoms with Crippen molar-refractivity contribution in [3.8, 4) is 5.75 Å². The molecule has 21 heavy (non-hydrogen) atoms. The third-order valence-electron chi connectivity index (χ3n) is 4.22. The minimum absolute atomic E-state index is 0.233. The zero-order valence-electron chi connectivity index (χ0n) is 12.9. The van der Waals surface area contributed by atoms with Crippen LogP contribution in [0.15, 0.2) is 42.5 Å². The Morgan fingerprint density at radius 1 is 1.00 bits per heavy atom. The highest BCUT2D eigenvalue weighted by molar-refractivity contribution is 5.58. The number of benzene rings is 2. The number of para-hydroxylation sites is 2. The molecule has 1 atom stereocenters. The van der Waals surface area contributed by atoms with E-state index in [0.29, 0.717) is 0 Å². The van der Waals surface area contributed by atoms with E-state index in [0.717, 1.165) is 31.6 Å². The van der Waals surface area contributed by atoms with Gasteiger partial charge >= 0.3 is 0 Å². The second kappa shape index (κ2) is 6.21. The van der Waals surface area contributed by atoms with Crippen LogP contribution in [0, 0.1) is 0 Å². The van der Waals surface area contributed by atoms with Crippen molar-refractivity contribution in [3.63, 3.8) is 0 Å². The number of nitrogens with one attached hydrogen (secondary N) is 1. The summed E-state index contributed by atoms with van der Waals surface area (Å²) in [6, 6.07) is 14.9. The minimum atomic E-state index is 0.233. The van der Waals surface area contributed by atoms with E-state index in [1.165, 1.54) is 22.4 Å². The highest BCUT2D eigenvalue weighted by Gasteiger charge is 2.22. The number of rotatable bonds is 5. The monoisotopic (exact) mass is 281 g/mol. The lowest BCUT2D eigenvalue weighted by Gasteiger charge is -2.18. The maximum atomic E-state index is 6.01. The zero-order valence-corrected chi connectivity index (χ0v) is 12.9. The van der Waals surface area contributed by atoms with Crippen molar-refractivity contribution in [1.29, 1.82) is 0 Å². The summed E-state index contributed by atoms with van der Waals surface area (Å²) in [5.74, 6) is 1.05. The second-order valence-corrected chi connectivity index (χ2v) is 5.59. The number of hydrogen-bond donors (Lipinski definition) is 1. The first-order valence-corrected chi connectivity index (χ1v) is 7.91. The standard InChI is InChI=1S/C19H23NO/c1-3-14-9-7-10-15(4-2)19(14)20-13-17-12-16-8-5-6-11-18(16)21-17/h5-11,17,20H,3-4,12-13H2,1-2H3. The number of hydrogen-bond acceptors (Lipinski definition) is 2. The van der Waals surface area contributed by atoms with Crippen LogP contribution < -0.4 is 10.1 Å². The SMILES string of the molecule is CCc1cccc(CC)c1NCC1Cc2ccccc2O1. The average Bonchev–Trinajstić information content (AvgIpc) is 2.95. The first-order valence-electron chi connectivity index (χ1n) is 7.91. The largest absolute Gasteiger partial charge is 0.488 e. The zero-order chi connectivity index (χ0) is 14.7. The van der Waals surface area contributed by atoms with Gasteiger partial charge in [-0.1, -0.05) is 50.2 Å². The molecule has 1 N–H and O–H groups in total. The molecule has 1 aliphatic rings. The van der Waals surface area contributed by atoms with Crippen molar-refractivity contribution in [1.82, 2.24) is 0 Å². The lowest BCUT2D eigenvalue weighted by Crippen LogP contribution is -2.24. The molecule has 110 valence electrons. The Bertz CT molecular complexity index is 573. The second-order valence-electron chi connectivity index (χ2n) is 5.59. The van der Waals surface area contributed by atoms with Gasteiger partial charge in [0.25, 0.3) is 0 Å². The molecule has 2 heteroatoms. The molecule has 0 saturated carbocycles. The summed E-state index contributed by atoms with van der Waals surface area (Å²) < 4.78 is 6.01. The molecule has 1 aliphatic heterocycles. The fraction of sp³-hybridized carbons (Fsp3) is 0.368. The van der Waals surface area contributed by atoms with Crippen LogP contribution in [-0.2, 0) is 19.3 Å². The smallest absolute Gasteiger partial charge is 0.123 e. The van der Waals surface area contributed by atoms with E-state index in [1.807, 2.05) is 6.07 Å². The van der Waals surface area contributed by atoms with Gasteiger partial charge in [-0.15, -0.1) is 0 Å². The maximum absolute atomic E-state index is 6.01. The normalized spacial score (nSPS) is 16.4. The number of aryl methyl sites for hydroxylation is 2. The molecule has 2 aromatic rings. The lowest BCUT2D eigenvalue weighted by atomic mass is 10.0. The molecule has 0 fully saturated rings. The van der Waals surface area contributed by atoms with E-state index in [2.05, 4.69) is 55.6 Å². The van der Waals surface area contributed by atoms with Gasteiger partial charge in [-0.05, 0) is 35.6 Å². The molecular weight excluding hydrogens is 258 g/mol. The molecule has 2 nitrogen and oxygen atoms in total. The van der Waals surface area contributed by atoms with Crippen LogP contribution in [0.2, 0.25) is 0 Å². The Balaban J connectivity index is 1.69. The van der Waals surface area contributed by atoms with Crippen LogP contribution in [0.1, 0.15) is 30.5 Å². The van der Waals surface area contributed by atoms with Crippen molar-refractivity contribution >= 4 is 5.69 Å². The Morgan fingerprint density at radius 2 is 1.71 bits per heavy atom. The van der Waals surface area contributed by atoms with E-state index >= 15 is 0 Å². The number of ether oxygens (including phenoxy) is 1. The van der Waals surface area contributed by atoms with Gasteiger partial charge in [0, 0.05) is 12.1 Å². The van der Waals surface area contributed by atoms with Crippen molar-refractivity contribution in [3.05, 3.63) is 59.2 Å². The fourth-order valence-corrected chi connectivity index (χ4v) is 3.05. The fourth-order valence-electron chi connectivity index (χ4n) is 3.05. The molecule has 0 saturated heterocycles. The Kier molecular flexibility index (Phi) is 4.14. The van der Waals surface area contributed by atoms with Gasteiger partial charge in [0.05, 0.1) is 6.54 Å². The van der Waals surface area contributed by atoms with Crippen molar-refractivity contribution < 1.29 is 4.74 Å². The van der Waals surface area contributed by atoms with Gasteiger partial charge in [0.2, 0.25) is 0 Å². The molecule has 2 aromatic carbocycles. The third-order valence-corrected chi connectivity index (χ3v) is 4.22. The summed E-state index contributed by atoms with van der Waals surface area (Å²) in [6.07, 6.45) is 3.35. The Labute approximate surface area is 127 Å². The molecule has 0 aliphatic carbocycles. The Morgan fingerprint density at radius 3 is 2.38 bits per heavy atom. The van der Waals surface area contributed by atoms with E-state index in [1.54, 1.807) is 0 Å². The molecular formula is C19H23NO. The van der Waals surface area contributed by atoms with Gasteiger partial charge < -0.3 is 10.1 Å². The average molecular weight is 281 g/mol. The highest BCUT2D eigenvalue weighted by atomic mass is 16.5. The quantitative estimate of drug-likeness (QED) is 0.885. The van der Waals surface area contributed by atoms with Crippen LogP contribution in [0.5, 0.6) is 5.75 Å². The number of anilines is 1. The molecule has 3 rings (SSSR count). The summed E-state index contributed by atoms with van der Waals surface area (Å²) in [7, 11) is 0. The molecule has 0 spiro atoms. The third kappa shape index (κ3) is 2.90. The van der Waals surface area contributed by atoms with Crippen LogP contribution in [-0.4, -0.2) is 12.6 Å². The summed E-state index contributed by atoms with van der Waals surface area (Å²) >= 11 is 0. The maximum Gasteiger partial charge on any atom is 0.123 e. The first kappa shape index (κ1) is 14.0. The van der Waals surface area contributed by atoms with Crippen molar-refractivity contribution in [2.45, 2.75) is 39.2 Å². The molecule has 1 heterocycles. The summed E-state index contributed by atoms with van der Waals surface area (Å²) in [4.78, 5) is 0. The minimum Gasteiger partial charge on any atom is -0.488 e. The molecule has 1 unspecified atom stereocenters. The van der Waals surface area contributed by atoms with Crippen molar-refractivity contribution in [2.75, 3.05) is 11.9 Å². The van der Waals surface area contributed by atoms with Gasteiger partial charge in [-0.3, -0.25) is 0 Å². The van der Waals surface area contributed by atoms with Gasteiger partial charge in [0.1, 0.15) is 11.9 Å². The van der Waals surface area contributed by atoms with Gasteiger partial charge in [-0.25, -0.2) is 0 Å². The Hall–Kier alpha value is -1.96. The highest BCUT2D eigenvalue weighted by Crippen LogP contribution is 2.29. The lowest BCUT2D eigenvalue weighted by molar-refractivity contribution is 0.246. The van der Waals surface area contributed by atoms with Gasteiger partial charge in [-0.2, -0.15) is 0 Å². The summed E-state index contributed by atoms with van der Waals surface area (Å²) in [6.45, 7) is 5.28. The summed E-state index contributed by atoms with van der Waals surface area (Å²) in [5.41, 5.74) is 5.42. The molecule has 0 aromatic heterocycles. The van der Waals surface area contributed by atoms with Crippen molar-refractivity contribution in [2.24, 2.45) is 0 Å². The summed E-state index contributed by atoms with van der Waals surface area (Å²) in [5, 5.41) is 3.64. The van der Waals surface area contributed by atoms with E-state index < -0.39 is 0 Å². The predicted octanol–water partition coefficient (Wildman–Crippen LogP) is 4.23.